The van der Waals surface area contributed by atoms with Gasteiger partial charge in [0.25, 0.3) is 5.91 Å². The Morgan fingerprint density at radius 2 is 2.15 bits per heavy atom. The van der Waals surface area contributed by atoms with Gasteiger partial charge in [0.05, 0.1) is 11.1 Å². The quantitative estimate of drug-likeness (QED) is 0.929. The van der Waals surface area contributed by atoms with Crippen molar-refractivity contribution in [2.75, 3.05) is 13.1 Å². The highest BCUT2D eigenvalue weighted by molar-refractivity contribution is 6.31. The molecular formula is C15H23ClN2O2. The summed E-state index contributed by atoms with van der Waals surface area (Å²) >= 11 is 6.02. The number of aromatic nitrogens is 1. The number of carbonyl (C=O) groups excluding carboxylic acids is 1. The number of aliphatic hydroxyl groups is 1. The van der Waals surface area contributed by atoms with Crippen molar-refractivity contribution >= 4 is 17.5 Å². The SMILES string of the molecule is CCCn1cc(Cl)cc1C(=O)N1CCC(C(C)O)CC1. The van der Waals surface area contributed by atoms with Crippen LogP contribution >= 0.6 is 11.6 Å². The van der Waals surface area contributed by atoms with Crippen molar-refractivity contribution in [2.24, 2.45) is 5.92 Å². The summed E-state index contributed by atoms with van der Waals surface area (Å²) in [7, 11) is 0. The zero-order valence-corrected chi connectivity index (χ0v) is 12.9. The number of aliphatic hydroxyl groups excluding tert-OH is 1. The molecule has 112 valence electrons. The highest BCUT2D eigenvalue weighted by Crippen LogP contribution is 2.23. The lowest BCUT2D eigenvalue weighted by Gasteiger charge is -2.33. The predicted octanol–water partition coefficient (Wildman–Crippen LogP) is 2.78. The van der Waals surface area contributed by atoms with Crippen molar-refractivity contribution in [3.05, 3.63) is 23.0 Å². The van der Waals surface area contributed by atoms with Gasteiger partial charge in [-0.25, -0.2) is 0 Å². The summed E-state index contributed by atoms with van der Waals surface area (Å²) in [6, 6.07) is 1.75. The van der Waals surface area contributed by atoms with E-state index in [2.05, 4.69) is 6.92 Å². The van der Waals surface area contributed by atoms with Crippen molar-refractivity contribution < 1.29 is 9.90 Å². The second-order valence-electron chi connectivity index (χ2n) is 5.61. The number of hydrogen-bond acceptors (Lipinski definition) is 2. The van der Waals surface area contributed by atoms with Crippen LogP contribution < -0.4 is 0 Å². The molecule has 0 aromatic carbocycles. The van der Waals surface area contributed by atoms with Gasteiger partial charge in [-0.15, -0.1) is 0 Å². The molecule has 2 heterocycles. The van der Waals surface area contributed by atoms with E-state index in [1.165, 1.54) is 0 Å². The molecule has 1 aromatic rings. The average molecular weight is 299 g/mol. The molecule has 20 heavy (non-hydrogen) atoms. The Kier molecular flexibility index (Phi) is 5.11. The van der Waals surface area contributed by atoms with Gasteiger partial charge < -0.3 is 14.6 Å². The molecule has 1 aliphatic heterocycles. The maximum atomic E-state index is 12.6. The fourth-order valence-electron chi connectivity index (χ4n) is 2.83. The zero-order chi connectivity index (χ0) is 14.7. The summed E-state index contributed by atoms with van der Waals surface area (Å²) in [6.07, 6.45) is 4.23. The molecule has 1 atom stereocenters. The van der Waals surface area contributed by atoms with E-state index in [1.807, 2.05) is 22.6 Å². The van der Waals surface area contributed by atoms with Gasteiger partial charge in [0.1, 0.15) is 5.69 Å². The first kappa shape index (κ1) is 15.4. The van der Waals surface area contributed by atoms with Crippen LogP contribution in [0.2, 0.25) is 5.02 Å². The molecule has 1 N–H and O–H groups in total. The Morgan fingerprint density at radius 1 is 1.50 bits per heavy atom. The molecule has 1 aromatic heterocycles. The maximum Gasteiger partial charge on any atom is 0.270 e. The molecular weight excluding hydrogens is 276 g/mol. The average Bonchev–Trinajstić information content (AvgIpc) is 2.79. The molecule has 4 nitrogen and oxygen atoms in total. The second-order valence-corrected chi connectivity index (χ2v) is 6.04. The lowest BCUT2D eigenvalue weighted by molar-refractivity contribution is 0.0513. The van der Waals surface area contributed by atoms with Crippen molar-refractivity contribution in [2.45, 2.75) is 45.8 Å². The van der Waals surface area contributed by atoms with Crippen LogP contribution in [0.1, 0.15) is 43.6 Å². The molecule has 2 rings (SSSR count). The van der Waals surface area contributed by atoms with Crippen LogP contribution in [0.3, 0.4) is 0 Å². The summed E-state index contributed by atoms with van der Waals surface area (Å²) < 4.78 is 1.94. The van der Waals surface area contributed by atoms with E-state index >= 15 is 0 Å². The molecule has 1 amide bonds. The monoisotopic (exact) mass is 298 g/mol. The number of piperidine rings is 1. The third-order valence-electron chi connectivity index (χ3n) is 4.06. The Morgan fingerprint density at radius 3 is 2.70 bits per heavy atom. The van der Waals surface area contributed by atoms with Crippen molar-refractivity contribution in [3.8, 4) is 0 Å². The van der Waals surface area contributed by atoms with Gasteiger partial charge in [0.15, 0.2) is 0 Å². The van der Waals surface area contributed by atoms with Crippen LogP contribution in [0, 0.1) is 5.92 Å². The van der Waals surface area contributed by atoms with Gasteiger partial charge in [-0.2, -0.15) is 0 Å². The summed E-state index contributed by atoms with van der Waals surface area (Å²) in [5, 5.41) is 10.2. The molecule has 1 fully saturated rings. The molecule has 1 aliphatic rings. The van der Waals surface area contributed by atoms with Gasteiger partial charge in [0, 0.05) is 25.8 Å². The number of aryl methyl sites for hydroxylation is 1. The molecule has 0 saturated carbocycles. The van der Waals surface area contributed by atoms with Crippen LogP contribution in [0.5, 0.6) is 0 Å². The maximum absolute atomic E-state index is 12.6. The molecule has 0 bridgehead atoms. The van der Waals surface area contributed by atoms with E-state index in [1.54, 1.807) is 6.07 Å². The van der Waals surface area contributed by atoms with Crippen molar-refractivity contribution in [3.63, 3.8) is 0 Å². The summed E-state index contributed by atoms with van der Waals surface area (Å²) in [5.74, 6) is 0.361. The van der Waals surface area contributed by atoms with Crippen LogP contribution in [0.15, 0.2) is 12.3 Å². The number of rotatable bonds is 4. The first-order chi connectivity index (χ1) is 9.52. The third kappa shape index (κ3) is 3.36. The van der Waals surface area contributed by atoms with E-state index in [0.29, 0.717) is 29.7 Å². The summed E-state index contributed by atoms with van der Waals surface area (Å²) in [5.41, 5.74) is 0.673. The first-order valence-electron chi connectivity index (χ1n) is 7.36. The Labute approximate surface area is 125 Å². The first-order valence-corrected chi connectivity index (χ1v) is 7.73. The van der Waals surface area contributed by atoms with Crippen LogP contribution in [0.4, 0.5) is 0 Å². The van der Waals surface area contributed by atoms with Crippen LogP contribution in [-0.4, -0.2) is 39.7 Å². The van der Waals surface area contributed by atoms with Crippen molar-refractivity contribution in [1.82, 2.24) is 9.47 Å². The Bertz CT molecular complexity index is 462. The van der Waals surface area contributed by atoms with Gasteiger partial charge in [-0.05, 0) is 38.2 Å². The van der Waals surface area contributed by atoms with Gasteiger partial charge in [-0.1, -0.05) is 18.5 Å². The molecule has 0 aliphatic carbocycles. The fourth-order valence-corrected chi connectivity index (χ4v) is 3.05. The molecule has 1 saturated heterocycles. The minimum absolute atomic E-state index is 0.0504. The number of halogens is 1. The summed E-state index contributed by atoms with van der Waals surface area (Å²) in [6.45, 7) is 6.13. The topological polar surface area (TPSA) is 45.5 Å². The largest absolute Gasteiger partial charge is 0.393 e. The van der Waals surface area contributed by atoms with E-state index < -0.39 is 0 Å². The van der Waals surface area contributed by atoms with Gasteiger partial charge >= 0.3 is 0 Å². The number of amides is 1. The minimum Gasteiger partial charge on any atom is -0.393 e. The van der Waals surface area contributed by atoms with Crippen LogP contribution in [-0.2, 0) is 6.54 Å². The molecule has 0 radical (unpaired) electrons. The van der Waals surface area contributed by atoms with E-state index in [-0.39, 0.29) is 12.0 Å². The number of hydrogen-bond donors (Lipinski definition) is 1. The molecule has 0 spiro atoms. The highest BCUT2D eigenvalue weighted by atomic mass is 35.5. The third-order valence-corrected chi connectivity index (χ3v) is 4.26. The Balaban J connectivity index is 2.05. The highest BCUT2D eigenvalue weighted by Gasteiger charge is 2.27. The summed E-state index contributed by atoms with van der Waals surface area (Å²) in [4.78, 5) is 14.4. The smallest absolute Gasteiger partial charge is 0.270 e. The van der Waals surface area contributed by atoms with E-state index in [9.17, 15) is 9.90 Å². The fraction of sp³-hybridized carbons (Fsp3) is 0.667. The lowest BCUT2D eigenvalue weighted by Crippen LogP contribution is -2.41. The molecule has 1 unspecified atom stereocenters. The van der Waals surface area contributed by atoms with Gasteiger partial charge in [-0.3, -0.25) is 4.79 Å². The van der Waals surface area contributed by atoms with E-state index in [0.717, 1.165) is 25.8 Å². The zero-order valence-electron chi connectivity index (χ0n) is 12.2. The second kappa shape index (κ2) is 6.64. The Hall–Kier alpha value is -1.00. The van der Waals surface area contributed by atoms with E-state index in [4.69, 9.17) is 11.6 Å². The normalized spacial score (nSPS) is 18.3. The van der Waals surface area contributed by atoms with Gasteiger partial charge in [0.2, 0.25) is 0 Å². The number of nitrogens with zero attached hydrogens (tertiary/aromatic N) is 2. The van der Waals surface area contributed by atoms with Crippen molar-refractivity contribution in [1.29, 1.82) is 0 Å². The van der Waals surface area contributed by atoms with Crippen LogP contribution in [0.25, 0.3) is 0 Å². The lowest BCUT2D eigenvalue weighted by atomic mass is 9.92. The number of likely N-dealkylation sites (tertiary alicyclic amines) is 1. The predicted molar refractivity (Wildman–Crippen MR) is 80.0 cm³/mol. The minimum atomic E-state index is -0.286. The number of carbonyl (C=O) groups is 1. The standard InChI is InChI=1S/C15H23ClN2O2/c1-3-6-18-10-13(16)9-14(18)15(20)17-7-4-12(5-8-17)11(2)19/h9-12,19H,3-8H2,1-2H3. The molecule has 5 heteroatoms.